The second-order valence-electron chi connectivity index (χ2n) is 6.39. The quantitative estimate of drug-likeness (QED) is 0.661. The summed E-state index contributed by atoms with van der Waals surface area (Å²) in [6.45, 7) is 3.69. The lowest BCUT2D eigenvalue weighted by Gasteiger charge is -2.08. The maximum atomic E-state index is 12.4. The van der Waals surface area contributed by atoms with Gasteiger partial charge in [-0.2, -0.15) is 25.6 Å². The molecule has 0 aromatic heterocycles. The Hall–Kier alpha value is -2.55. The van der Waals surface area contributed by atoms with E-state index in [1.807, 2.05) is 13.8 Å². The molecule has 29 heavy (non-hydrogen) atoms. The number of benzene rings is 2. The second kappa shape index (κ2) is 8.06. The zero-order valence-corrected chi connectivity index (χ0v) is 18.0. The summed E-state index contributed by atoms with van der Waals surface area (Å²) in [7, 11) is -7.88. The zero-order valence-electron chi connectivity index (χ0n) is 15.6. The summed E-state index contributed by atoms with van der Waals surface area (Å²) in [6.07, 6.45) is 3.93. The van der Waals surface area contributed by atoms with Crippen molar-refractivity contribution in [2.45, 2.75) is 23.6 Å². The second-order valence-corrected chi connectivity index (χ2v) is 10.0. The van der Waals surface area contributed by atoms with Crippen molar-refractivity contribution in [3.8, 4) is 0 Å². The summed E-state index contributed by atoms with van der Waals surface area (Å²) >= 11 is 6.13. The molecule has 0 atom stereocenters. The number of allylic oxidation sites excluding steroid dienone is 4. The number of rotatable bonds is 4. The first-order valence-corrected chi connectivity index (χ1v) is 11.7. The molecule has 0 amide bonds. The van der Waals surface area contributed by atoms with Gasteiger partial charge in [-0.15, -0.1) is 0 Å². The average molecular weight is 449 g/mol. The fourth-order valence-corrected chi connectivity index (χ4v) is 4.67. The monoisotopic (exact) mass is 448 g/mol. The van der Waals surface area contributed by atoms with Gasteiger partial charge < -0.3 is 0 Å². The van der Waals surface area contributed by atoms with Crippen molar-refractivity contribution >= 4 is 43.1 Å². The zero-order chi connectivity index (χ0) is 21.2. The maximum absolute atomic E-state index is 12.4. The van der Waals surface area contributed by atoms with Crippen LogP contribution in [0.5, 0.6) is 0 Å². The van der Waals surface area contributed by atoms with Crippen molar-refractivity contribution in [1.29, 1.82) is 0 Å². The van der Waals surface area contributed by atoms with Gasteiger partial charge in [0.25, 0.3) is 20.0 Å². The average Bonchev–Trinajstić information content (AvgIpc) is 2.64. The standard InChI is InChI=1S/C20H17ClN2O4S2/c1-14-3-8-17(9-4-14)28(24,25)22-16-7-12-20(19(21)13-16)23-29(26,27)18-10-5-15(2)6-11-18/h3-13H,1-2H3/b22-16+,23-20-. The molecule has 9 heteroatoms. The van der Waals surface area contributed by atoms with Crippen LogP contribution in [0.25, 0.3) is 0 Å². The van der Waals surface area contributed by atoms with Crippen LogP contribution in [0.15, 0.2) is 90.4 Å². The van der Waals surface area contributed by atoms with Crippen LogP contribution in [0.4, 0.5) is 0 Å². The van der Waals surface area contributed by atoms with E-state index in [-0.39, 0.29) is 26.2 Å². The molecule has 0 N–H and O–H groups in total. The fraction of sp³-hybridized carbons (Fsp3) is 0.100. The van der Waals surface area contributed by atoms with E-state index >= 15 is 0 Å². The van der Waals surface area contributed by atoms with Gasteiger partial charge in [-0.3, -0.25) is 0 Å². The molecule has 150 valence electrons. The highest BCUT2D eigenvalue weighted by molar-refractivity contribution is 7.90. The third-order valence-corrected chi connectivity index (χ3v) is 6.94. The van der Waals surface area contributed by atoms with Crippen LogP contribution < -0.4 is 0 Å². The van der Waals surface area contributed by atoms with Crippen LogP contribution in [-0.2, 0) is 20.0 Å². The van der Waals surface area contributed by atoms with Crippen LogP contribution in [-0.4, -0.2) is 28.3 Å². The summed E-state index contributed by atoms with van der Waals surface area (Å²) in [5.41, 5.74) is 1.91. The van der Waals surface area contributed by atoms with Gasteiger partial charge in [0.1, 0.15) is 0 Å². The number of hydrogen-bond donors (Lipinski definition) is 0. The van der Waals surface area contributed by atoms with E-state index in [9.17, 15) is 16.8 Å². The number of halogens is 1. The Kier molecular flexibility index (Phi) is 5.88. The molecule has 0 radical (unpaired) electrons. The molecule has 1 aliphatic rings. The molecular weight excluding hydrogens is 432 g/mol. The molecule has 6 nitrogen and oxygen atoms in total. The molecule has 0 unspecified atom stereocenters. The highest BCUT2D eigenvalue weighted by atomic mass is 35.5. The van der Waals surface area contributed by atoms with Crippen molar-refractivity contribution in [3.63, 3.8) is 0 Å². The predicted octanol–water partition coefficient (Wildman–Crippen LogP) is 3.96. The van der Waals surface area contributed by atoms with Crippen LogP contribution in [0.3, 0.4) is 0 Å². The summed E-state index contributed by atoms with van der Waals surface area (Å²) in [6, 6.07) is 12.5. The van der Waals surface area contributed by atoms with Crippen LogP contribution in [0.1, 0.15) is 11.1 Å². The molecule has 3 rings (SSSR count). The molecular formula is C20H17ClN2O4S2. The SMILES string of the molecule is Cc1ccc(S(=O)(=O)/N=C2C=C/C(=N\S(=O)(=O)c3ccc(C)cc3)C=C/2Cl)cc1. The van der Waals surface area contributed by atoms with E-state index in [4.69, 9.17) is 11.6 Å². The third kappa shape index (κ3) is 5.09. The topological polar surface area (TPSA) is 93.0 Å². The van der Waals surface area contributed by atoms with Crippen LogP contribution in [0, 0.1) is 13.8 Å². The van der Waals surface area contributed by atoms with E-state index < -0.39 is 20.0 Å². The van der Waals surface area contributed by atoms with E-state index in [0.29, 0.717) is 0 Å². The van der Waals surface area contributed by atoms with Crippen molar-refractivity contribution in [2.75, 3.05) is 0 Å². The van der Waals surface area contributed by atoms with Gasteiger partial charge in [-0.25, -0.2) is 0 Å². The highest BCUT2D eigenvalue weighted by Gasteiger charge is 2.18. The van der Waals surface area contributed by atoms with E-state index in [1.54, 1.807) is 24.3 Å². The Morgan fingerprint density at radius 1 is 0.690 bits per heavy atom. The largest absolute Gasteiger partial charge is 0.282 e. The van der Waals surface area contributed by atoms with Crippen molar-refractivity contribution in [3.05, 3.63) is 82.9 Å². The summed E-state index contributed by atoms with van der Waals surface area (Å²) in [4.78, 5) is 0.0878. The maximum Gasteiger partial charge on any atom is 0.282 e. The minimum absolute atomic E-state index is 0.000995. The molecule has 0 saturated carbocycles. The first-order valence-electron chi connectivity index (χ1n) is 8.46. The Bertz CT molecular complexity index is 1270. The highest BCUT2D eigenvalue weighted by Crippen LogP contribution is 2.20. The Morgan fingerprint density at radius 3 is 1.59 bits per heavy atom. The van der Waals surface area contributed by atoms with Gasteiger partial charge in [0.15, 0.2) is 0 Å². The van der Waals surface area contributed by atoms with Gasteiger partial charge in [0.2, 0.25) is 0 Å². The van der Waals surface area contributed by atoms with Gasteiger partial charge in [0.05, 0.1) is 26.2 Å². The molecule has 2 aromatic rings. The van der Waals surface area contributed by atoms with E-state index in [0.717, 1.165) is 11.1 Å². The predicted molar refractivity (Wildman–Crippen MR) is 115 cm³/mol. The lowest BCUT2D eigenvalue weighted by atomic mass is 10.1. The van der Waals surface area contributed by atoms with E-state index in [1.165, 1.54) is 42.5 Å². The van der Waals surface area contributed by atoms with E-state index in [2.05, 4.69) is 8.80 Å². The fourth-order valence-electron chi connectivity index (χ4n) is 2.42. The third-order valence-electron chi connectivity index (χ3n) is 4.01. The first kappa shape index (κ1) is 21.2. The van der Waals surface area contributed by atoms with Gasteiger partial charge in [0, 0.05) is 0 Å². The smallest absolute Gasteiger partial charge is 0.199 e. The number of nitrogens with zero attached hydrogens (tertiary/aromatic N) is 2. The minimum Gasteiger partial charge on any atom is -0.199 e. The molecule has 0 fully saturated rings. The molecule has 1 aliphatic carbocycles. The Labute approximate surface area is 175 Å². The molecule has 0 spiro atoms. The first-order chi connectivity index (χ1) is 13.6. The number of aryl methyl sites for hydroxylation is 2. The van der Waals surface area contributed by atoms with Crippen molar-refractivity contribution in [1.82, 2.24) is 0 Å². The Balaban J connectivity index is 1.90. The summed E-state index contributed by atoms with van der Waals surface area (Å²) in [5.74, 6) is 0. The van der Waals surface area contributed by atoms with Crippen LogP contribution >= 0.6 is 11.6 Å². The lowest BCUT2D eigenvalue weighted by molar-refractivity contribution is 0.596. The van der Waals surface area contributed by atoms with Crippen molar-refractivity contribution < 1.29 is 16.8 Å². The van der Waals surface area contributed by atoms with Crippen molar-refractivity contribution in [2.24, 2.45) is 8.80 Å². The summed E-state index contributed by atoms with van der Waals surface area (Å²) < 4.78 is 57.2. The number of sulfonamides is 2. The minimum atomic E-state index is -3.96. The van der Waals surface area contributed by atoms with Gasteiger partial charge in [-0.05, 0) is 56.3 Å². The van der Waals surface area contributed by atoms with Crippen LogP contribution in [0.2, 0.25) is 0 Å². The number of hydrogen-bond acceptors (Lipinski definition) is 4. The molecule has 0 bridgehead atoms. The molecule has 2 aromatic carbocycles. The Morgan fingerprint density at radius 2 is 1.14 bits per heavy atom. The summed E-state index contributed by atoms with van der Waals surface area (Å²) in [5, 5.41) is -0.0268. The van der Waals surface area contributed by atoms with Gasteiger partial charge in [-0.1, -0.05) is 47.0 Å². The molecule has 0 heterocycles. The lowest BCUT2D eigenvalue weighted by Crippen LogP contribution is -2.10. The normalized spacial score (nSPS) is 17.6. The molecule has 0 saturated heterocycles. The molecule has 0 aliphatic heterocycles. The van der Waals surface area contributed by atoms with Gasteiger partial charge >= 0.3 is 0 Å².